The van der Waals surface area contributed by atoms with Gasteiger partial charge in [-0.25, -0.2) is 4.98 Å². The summed E-state index contributed by atoms with van der Waals surface area (Å²) in [5.41, 5.74) is 2.01. The molecule has 1 aromatic rings. The first-order valence-corrected chi connectivity index (χ1v) is 6.01. The predicted octanol–water partition coefficient (Wildman–Crippen LogP) is 0.741. The molecule has 1 aromatic heterocycles. The van der Waals surface area contributed by atoms with Gasteiger partial charge >= 0.3 is 0 Å². The zero-order chi connectivity index (χ0) is 12.0. The lowest BCUT2D eigenvalue weighted by atomic mass is 10.3. The van der Waals surface area contributed by atoms with Crippen LogP contribution in [0.15, 0.2) is 10.9 Å². The van der Waals surface area contributed by atoms with E-state index in [2.05, 4.69) is 10.3 Å². The minimum absolute atomic E-state index is 0.0840. The molecule has 0 atom stereocenters. The summed E-state index contributed by atoms with van der Waals surface area (Å²) in [6.07, 6.45) is 0.812. The number of carbonyl (C=O) groups is 2. The van der Waals surface area contributed by atoms with Crippen LogP contribution in [-0.4, -0.2) is 41.8 Å². The van der Waals surface area contributed by atoms with Gasteiger partial charge in [0.25, 0.3) is 5.91 Å². The maximum atomic E-state index is 11.9. The number of aromatic nitrogens is 1. The molecule has 6 heteroatoms. The zero-order valence-electron chi connectivity index (χ0n) is 9.40. The fraction of sp³-hybridized carbons (Fsp3) is 0.500. The van der Waals surface area contributed by atoms with E-state index in [-0.39, 0.29) is 18.4 Å². The van der Waals surface area contributed by atoms with Gasteiger partial charge in [0, 0.05) is 19.0 Å². The van der Waals surface area contributed by atoms with Crippen molar-refractivity contribution in [3.8, 4) is 0 Å². The molecule has 0 fully saturated rings. The van der Waals surface area contributed by atoms with Gasteiger partial charge in [0.05, 0.1) is 12.1 Å². The number of nitrogens with zero attached hydrogens (tertiary/aromatic N) is 2. The summed E-state index contributed by atoms with van der Waals surface area (Å²) in [5, 5.41) is 4.19. The van der Waals surface area contributed by atoms with Crippen LogP contribution in [0.1, 0.15) is 23.8 Å². The van der Waals surface area contributed by atoms with Crippen LogP contribution < -0.4 is 5.32 Å². The van der Waals surface area contributed by atoms with E-state index in [1.54, 1.807) is 17.9 Å². The third-order valence-electron chi connectivity index (χ3n) is 2.05. The predicted molar refractivity (Wildman–Crippen MR) is 62.4 cm³/mol. The zero-order valence-corrected chi connectivity index (χ0v) is 10.2. The van der Waals surface area contributed by atoms with E-state index in [0.717, 1.165) is 6.42 Å². The van der Waals surface area contributed by atoms with E-state index in [0.29, 0.717) is 12.2 Å². The maximum absolute atomic E-state index is 11.9. The largest absolute Gasteiger partial charge is 0.358 e. The van der Waals surface area contributed by atoms with Crippen molar-refractivity contribution >= 4 is 23.2 Å². The summed E-state index contributed by atoms with van der Waals surface area (Å²) >= 11 is 1.37. The quantitative estimate of drug-likeness (QED) is 0.827. The Morgan fingerprint density at radius 3 is 2.81 bits per heavy atom. The van der Waals surface area contributed by atoms with Gasteiger partial charge in [-0.05, 0) is 6.42 Å². The monoisotopic (exact) mass is 241 g/mol. The van der Waals surface area contributed by atoms with E-state index < -0.39 is 0 Å². The molecule has 88 valence electrons. The molecule has 0 saturated heterocycles. The number of amides is 2. The number of hydrogen-bond donors (Lipinski definition) is 1. The Kier molecular flexibility index (Phi) is 4.91. The van der Waals surface area contributed by atoms with E-state index in [1.165, 1.54) is 16.2 Å². The number of thiazole rings is 1. The Balaban J connectivity index is 2.69. The SMILES string of the molecule is CCCN(CC(=O)NC)C(=O)c1cscn1. The van der Waals surface area contributed by atoms with Gasteiger partial charge in [0.1, 0.15) is 5.69 Å². The highest BCUT2D eigenvalue weighted by molar-refractivity contribution is 7.07. The summed E-state index contributed by atoms with van der Waals surface area (Å²) in [7, 11) is 1.56. The second-order valence-corrected chi connectivity index (χ2v) is 3.99. The Bertz CT molecular complexity index is 351. The second kappa shape index (κ2) is 6.22. The fourth-order valence-corrected chi connectivity index (χ4v) is 1.78. The van der Waals surface area contributed by atoms with Crippen molar-refractivity contribution < 1.29 is 9.59 Å². The van der Waals surface area contributed by atoms with E-state index >= 15 is 0 Å². The molecule has 0 bridgehead atoms. The molecule has 0 saturated carbocycles. The number of likely N-dealkylation sites (N-methyl/N-ethyl adjacent to an activating group) is 1. The van der Waals surface area contributed by atoms with Crippen LogP contribution in [0.25, 0.3) is 0 Å². The first-order chi connectivity index (χ1) is 7.69. The molecule has 0 aliphatic rings. The van der Waals surface area contributed by atoms with Crippen molar-refractivity contribution in [1.29, 1.82) is 0 Å². The number of nitrogens with one attached hydrogen (secondary N) is 1. The molecule has 1 rings (SSSR count). The standard InChI is InChI=1S/C10H15N3O2S/c1-3-4-13(5-9(14)11-2)10(15)8-6-16-7-12-8/h6-7H,3-5H2,1-2H3,(H,11,14). The highest BCUT2D eigenvalue weighted by Crippen LogP contribution is 2.06. The summed E-state index contributed by atoms with van der Waals surface area (Å²) < 4.78 is 0. The molecule has 0 aromatic carbocycles. The lowest BCUT2D eigenvalue weighted by molar-refractivity contribution is -0.121. The summed E-state index contributed by atoms with van der Waals surface area (Å²) in [6.45, 7) is 2.61. The van der Waals surface area contributed by atoms with Gasteiger partial charge in [0.2, 0.25) is 5.91 Å². The van der Waals surface area contributed by atoms with Crippen molar-refractivity contribution in [2.45, 2.75) is 13.3 Å². The van der Waals surface area contributed by atoms with Gasteiger partial charge in [-0.15, -0.1) is 11.3 Å². The first kappa shape index (κ1) is 12.6. The summed E-state index contributed by atoms with van der Waals surface area (Å²) in [5.74, 6) is -0.358. The van der Waals surface area contributed by atoms with Crippen molar-refractivity contribution in [3.63, 3.8) is 0 Å². The number of carbonyl (C=O) groups excluding carboxylic acids is 2. The molecule has 16 heavy (non-hydrogen) atoms. The Labute approximate surface area is 98.5 Å². The van der Waals surface area contributed by atoms with Crippen LogP contribution in [-0.2, 0) is 4.79 Å². The van der Waals surface area contributed by atoms with Crippen molar-refractivity contribution in [2.24, 2.45) is 0 Å². The lowest BCUT2D eigenvalue weighted by Crippen LogP contribution is -2.40. The van der Waals surface area contributed by atoms with Gasteiger partial charge in [-0.1, -0.05) is 6.92 Å². The molecular formula is C10H15N3O2S. The molecule has 0 aliphatic heterocycles. The van der Waals surface area contributed by atoms with Crippen molar-refractivity contribution in [3.05, 3.63) is 16.6 Å². The molecular weight excluding hydrogens is 226 g/mol. The highest BCUT2D eigenvalue weighted by atomic mass is 32.1. The van der Waals surface area contributed by atoms with Crippen LogP contribution in [0, 0.1) is 0 Å². The minimum Gasteiger partial charge on any atom is -0.358 e. The van der Waals surface area contributed by atoms with Gasteiger partial charge < -0.3 is 10.2 Å². The lowest BCUT2D eigenvalue weighted by Gasteiger charge is -2.19. The van der Waals surface area contributed by atoms with Crippen LogP contribution in [0.4, 0.5) is 0 Å². The van der Waals surface area contributed by atoms with Crippen molar-refractivity contribution in [1.82, 2.24) is 15.2 Å². The van der Waals surface area contributed by atoms with Crippen molar-refractivity contribution in [2.75, 3.05) is 20.1 Å². The Morgan fingerprint density at radius 1 is 1.56 bits per heavy atom. The average Bonchev–Trinajstić information content (AvgIpc) is 2.80. The van der Waals surface area contributed by atoms with Crippen LogP contribution >= 0.6 is 11.3 Å². The molecule has 0 spiro atoms. The van der Waals surface area contributed by atoms with Crippen LogP contribution in [0.2, 0.25) is 0 Å². The molecule has 0 aliphatic carbocycles. The van der Waals surface area contributed by atoms with Crippen LogP contribution in [0.5, 0.6) is 0 Å². The second-order valence-electron chi connectivity index (χ2n) is 3.27. The van der Waals surface area contributed by atoms with Gasteiger partial charge in [0.15, 0.2) is 0 Å². The molecule has 5 nitrogen and oxygen atoms in total. The third kappa shape index (κ3) is 3.30. The molecule has 0 radical (unpaired) electrons. The smallest absolute Gasteiger partial charge is 0.273 e. The topological polar surface area (TPSA) is 62.3 Å². The highest BCUT2D eigenvalue weighted by Gasteiger charge is 2.18. The Morgan fingerprint density at radius 2 is 2.31 bits per heavy atom. The summed E-state index contributed by atoms with van der Waals surface area (Å²) in [4.78, 5) is 28.6. The van der Waals surface area contributed by atoms with E-state index in [1.807, 2.05) is 6.92 Å². The average molecular weight is 241 g/mol. The molecule has 1 heterocycles. The molecule has 0 unspecified atom stereocenters. The maximum Gasteiger partial charge on any atom is 0.273 e. The fourth-order valence-electron chi connectivity index (χ4n) is 1.25. The van der Waals surface area contributed by atoms with Crippen LogP contribution in [0.3, 0.4) is 0 Å². The van der Waals surface area contributed by atoms with Gasteiger partial charge in [-0.2, -0.15) is 0 Å². The van der Waals surface area contributed by atoms with E-state index in [4.69, 9.17) is 0 Å². The molecule has 1 N–H and O–H groups in total. The number of rotatable bonds is 5. The van der Waals surface area contributed by atoms with E-state index in [9.17, 15) is 9.59 Å². The first-order valence-electron chi connectivity index (χ1n) is 5.07. The summed E-state index contributed by atoms with van der Waals surface area (Å²) in [6, 6.07) is 0. The van der Waals surface area contributed by atoms with Gasteiger partial charge in [-0.3, -0.25) is 9.59 Å². The third-order valence-corrected chi connectivity index (χ3v) is 2.63. The number of hydrogen-bond acceptors (Lipinski definition) is 4. The normalized spacial score (nSPS) is 9.88. The Hall–Kier alpha value is -1.43. The molecule has 2 amide bonds. The minimum atomic E-state index is -0.188.